The lowest BCUT2D eigenvalue weighted by Crippen LogP contribution is -2.56. The average molecular weight is 691 g/mol. The number of amides is 5. The molecule has 0 fully saturated rings. The summed E-state index contributed by atoms with van der Waals surface area (Å²) in [6.07, 6.45) is 3.80. The summed E-state index contributed by atoms with van der Waals surface area (Å²) in [7, 11) is 0. The first-order chi connectivity index (χ1) is 23.8. The van der Waals surface area contributed by atoms with Crippen molar-refractivity contribution in [2.45, 2.75) is 56.8 Å². The van der Waals surface area contributed by atoms with Gasteiger partial charge in [-0.3, -0.25) is 29.0 Å². The van der Waals surface area contributed by atoms with Crippen LogP contribution in [0.2, 0.25) is 0 Å². The van der Waals surface area contributed by atoms with Gasteiger partial charge in [-0.1, -0.05) is 42.5 Å². The Morgan fingerprint density at radius 3 is 2.42 bits per heavy atom. The van der Waals surface area contributed by atoms with Gasteiger partial charge >= 0.3 is 0 Å². The maximum absolute atomic E-state index is 13.4. The Kier molecular flexibility index (Phi) is 12.6. The van der Waals surface area contributed by atoms with Crippen molar-refractivity contribution in [2.24, 2.45) is 27.9 Å². The van der Waals surface area contributed by atoms with Crippen LogP contribution >= 0.6 is 0 Å². The van der Waals surface area contributed by atoms with Gasteiger partial charge in [-0.05, 0) is 55.5 Å². The number of para-hydroxylation sites is 1. The van der Waals surface area contributed by atoms with Gasteiger partial charge in [0.2, 0.25) is 29.5 Å². The summed E-state index contributed by atoms with van der Waals surface area (Å²) in [5.74, 6) is -3.81. The first-order valence-electron chi connectivity index (χ1n) is 16.1. The Hall–Kier alpha value is -5.77. The SMILES string of the molecule is Cc1[nH]c2ccccc2c1C[C@H](NC(=O)CNC(=O)[C@H](CCCN=C(N)N)NC(=O)[C@@H]1C=CCN1C(=O)[C@@H](N)Cc1ccc(F)cc1)C(N)=O. The van der Waals surface area contributed by atoms with E-state index in [2.05, 4.69) is 25.9 Å². The number of nitrogens with two attached hydrogens (primary N) is 4. The molecular formula is C34H43FN10O5. The molecular weight excluding hydrogens is 647 g/mol. The lowest BCUT2D eigenvalue weighted by atomic mass is 10.0. The number of halogens is 1. The lowest BCUT2D eigenvalue weighted by molar-refractivity contribution is -0.139. The maximum atomic E-state index is 13.4. The minimum Gasteiger partial charge on any atom is -0.370 e. The molecule has 0 saturated carbocycles. The summed E-state index contributed by atoms with van der Waals surface area (Å²) in [6, 6.07) is 8.88. The van der Waals surface area contributed by atoms with Crippen molar-refractivity contribution in [3.05, 3.63) is 83.3 Å². The van der Waals surface area contributed by atoms with E-state index in [1.165, 1.54) is 35.2 Å². The molecule has 2 heterocycles. The van der Waals surface area contributed by atoms with Crippen LogP contribution in [0.4, 0.5) is 4.39 Å². The number of aromatic nitrogens is 1. The number of rotatable bonds is 16. The van der Waals surface area contributed by atoms with Crippen molar-refractivity contribution in [2.75, 3.05) is 19.6 Å². The molecule has 5 amide bonds. The summed E-state index contributed by atoms with van der Waals surface area (Å²) in [4.78, 5) is 73.6. The quantitative estimate of drug-likeness (QED) is 0.0404. The van der Waals surface area contributed by atoms with Crippen molar-refractivity contribution in [3.63, 3.8) is 0 Å². The topological polar surface area (TPSA) is 257 Å². The second-order valence-corrected chi connectivity index (χ2v) is 12.0. The summed E-state index contributed by atoms with van der Waals surface area (Å²) in [5, 5.41) is 8.64. The lowest BCUT2D eigenvalue weighted by Gasteiger charge is -2.28. The number of primary amides is 1. The molecule has 3 aromatic rings. The van der Waals surface area contributed by atoms with Gasteiger partial charge in [0.1, 0.15) is 23.9 Å². The molecule has 266 valence electrons. The molecule has 50 heavy (non-hydrogen) atoms. The third-order valence-corrected chi connectivity index (χ3v) is 8.31. The molecule has 1 aliphatic heterocycles. The third-order valence-electron chi connectivity index (χ3n) is 8.31. The fourth-order valence-electron chi connectivity index (χ4n) is 5.74. The Labute approximate surface area is 288 Å². The van der Waals surface area contributed by atoms with Crippen LogP contribution in [0.1, 0.15) is 29.7 Å². The second kappa shape index (κ2) is 17.1. The Morgan fingerprint density at radius 2 is 1.72 bits per heavy atom. The number of aliphatic imine (C=N–C) groups is 1. The van der Waals surface area contributed by atoms with Crippen LogP contribution < -0.4 is 38.9 Å². The van der Waals surface area contributed by atoms with Gasteiger partial charge in [0.05, 0.1) is 12.6 Å². The summed E-state index contributed by atoms with van der Waals surface area (Å²) in [5.41, 5.74) is 25.8. The van der Waals surface area contributed by atoms with Gasteiger partial charge in [-0.2, -0.15) is 0 Å². The van der Waals surface area contributed by atoms with E-state index in [1.54, 1.807) is 6.08 Å². The zero-order valence-corrected chi connectivity index (χ0v) is 27.7. The number of hydrogen-bond donors (Lipinski definition) is 8. The molecule has 0 bridgehead atoms. The Morgan fingerprint density at radius 1 is 1.00 bits per heavy atom. The number of guanidine groups is 1. The molecule has 1 aromatic heterocycles. The minimum atomic E-state index is -1.14. The third kappa shape index (κ3) is 9.88. The van der Waals surface area contributed by atoms with Gasteiger partial charge in [0.25, 0.3) is 0 Å². The van der Waals surface area contributed by atoms with E-state index in [-0.39, 0.29) is 38.3 Å². The molecule has 16 heteroatoms. The van der Waals surface area contributed by atoms with E-state index in [0.717, 1.165) is 22.2 Å². The number of fused-ring (bicyclic) bond motifs is 1. The highest BCUT2D eigenvalue weighted by atomic mass is 19.1. The van der Waals surface area contributed by atoms with E-state index in [1.807, 2.05) is 31.2 Å². The molecule has 0 radical (unpaired) electrons. The van der Waals surface area contributed by atoms with Gasteiger partial charge in [-0.15, -0.1) is 0 Å². The molecule has 4 rings (SSSR count). The van der Waals surface area contributed by atoms with Crippen LogP contribution in [0.15, 0.2) is 65.7 Å². The number of nitrogens with one attached hydrogen (secondary N) is 4. The molecule has 15 nitrogen and oxygen atoms in total. The number of H-pyrrole nitrogens is 1. The molecule has 12 N–H and O–H groups in total. The Bertz CT molecular complexity index is 1770. The summed E-state index contributed by atoms with van der Waals surface area (Å²) in [6.45, 7) is 1.63. The van der Waals surface area contributed by atoms with Crippen LogP contribution in [-0.4, -0.2) is 89.2 Å². The normalized spacial score (nSPS) is 15.6. The van der Waals surface area contributed by atoms with E-state index in [0.29, 0.717) is 12.0 Å². The molecule has 0 spiro atoms. The van der Waals surface area contributed by atoms with E-state index in [4.69, 9.17) is 22.9 Å². The zero-order valence-electron chi connectivity index (χ0n) is 27.7. The fraction of sp³-hybridized carbons (Fsp3) is 0.353. The predicted molar refractivity (Wildman–Crippen MR) is 185 cm³/mol. The standard InChI is InChI=1S/C34H43FN10O5/c1-19-23(22-6-2-3-7-25(22)42-19)17-27(30(37)47)43-29(46)18-41-31(48)26(8-4-14-40-34(38)39)44-32(49)28-9-5-15-45(28)33(50)24(36)16-20-10-12-21(35)13-11-20/h2-3,5-7,9-13,24,26-28,42H,4,8,14-18,36H2,1H3,(H2,37,47)(H,41,48)(H,43,46)(H,44,49)(H4,38,39,40)/t24-,26-,27-,28-/m0/s1. The smallest absolute Gasteiger partial charge is 0.247 e. The highest BCUT2D eigenvalue weighted by Gasteiger charge is 2.35. The van der Waals surface area contributed by atoms with Crippen LogP contribution in [0.3, 0.4) is 0 Å². The predicted octanol–water partition coefficient (Wildman–Crippen LogP) is -0.880. The first kappa shape index (κ1) is 37.1. The number of benzene rings is 2. The van der Waals surface area contributed by atoms with Crippen molar-refractivity contribution >= 4 is 46.4 Å². The number of aromatic amines is 1. The average Bonchev–Trinajstić information content (AvgIpc) is 3.69. The van der Waals surface area contributed by atoms with Crippen LogP contribution in [0, 0.1) is 12.7 Å². The van der Waals surface area contributed by atoms with Gasteiger partial charge in [-0.25, -0.2) is 4.39 Å². The van der Waals surface area contributed by atoms with Crippen LogP contribution in [0.25, 0.3) is 10.9 Å². The van der Waals surface area contributed by atoms with E-state index < -0.39 is 66.1 Å². The first-order valence-corrected chi connectivity index (χ1v) is 16.1. The van der Waals surface area contributed by atoms with Crippen molar-refractivity contribution in [1.82, 2.24) is 25.8 Å². The van der Waals surface area contributed by atoms with Crippen molar-refractivity contribution in [1.29, 1.82) is 0 Å². The largest absolute Gasteiger partial charge is 0.370 e. The fourth-order valence-corrected chi connectivity index (χ4v) is 5.74. The number of carbonyl (C=O) groups is 5. The number of nitrogens with zero attached hydrogens (tertiary/aromatic N) is 2. The highest BCUT2D eigenvalue weighted by molar-refractivity contribution is 5.96. The Balaban J connectivity index is 1.38. The molecule has 0 aliphatic carbocycles. The van der Waals surface area contributed by atoms with Crippen LogP contribution in [-0.2, 0) is 36.8 Å². The molecule has 1 aliphatic rings. The van der Waals surface area contributed by atoms with E-state index >= 15 is 0 Å². The second-order valence-electron chi connectivity index (χ2n) is 12.0. The van der Waals surface area contributed by atoms with Gasteiger partial charge < -0.3 is 48.8 Å². The van der Waals surface area contributed by atoms with Gasteiger partial charge in [0.15, 0.2) is 5.96 Å². The summed E-state index contributed by atoms with van der Waals surface area (Å²) < 4.78 is 13.3. The number of hydrogen-bond acceptors (Lipinski definition) is 7. The van der Waals surface area contributed by atoms with Gasteiger partial charge in [0, 0.05) is 36.1 Å². The molecule has 0 saturated heterocycles. The molecule has 2 aromatic carbocycles. The number of aryl methyl sites for hydroxylation is 1. The monoisotopic (exact) mass is 690 g/mol. The molecule has 4 atom stereocenters. The summed E-state index contributed by atoms with van der Waals surface area (Å²) >= 11 is 0. The van der Waals surface area contributed by atoms with Crippen molar-refractivity contribution < 1.29 is 28.4 Å². The number of carbonyl (C=O) groups excluding carboxylic acids is 5. The van der Waals surface area contributed by atoms with Crippen molar-refractivity contribution in [3.8, 4) is 0 Å². The van der Waals surface area contributed by atoms with Crippen LogP contribution in [0.5, 0.6) is 0 Å². The maximum Gasteiger partial charge on any atom is 0.247 e. The molecule has 0 unspecified atom stereocenters. The minimum absolute atomic E-state index is 0.0915. The van der Waals surface area contributed by atoms with E-state index in [9.17, 15) is 28.4 Å². The zero-order chi connectivity index (χ0) is 36.4. The highest BCUT2D eigenvalue weighted by Crippen LogP contribution is 2.23.